The van der Waals surface area contributed by atoms with Crippen LogP contribution in [0, 0.1) is 19.0 Å². The summed E-state index contributed by atoms with van der Waals surface area (Å²) in [7, 11) is -1.51. The Morgan fingerprint density at radius 3 is 2.37 bits per heavy atom. The topological polar surface area (TPSA) is 38.9 Å². The molecule has 0 unspecified atom stereocenters. The van der Waals surface area contributed by atoms with Crippen LogP contribution in [0.3, 0.4) is 0 Å². The van der Waals surface area contributed by atoms with Crippen LogP contribution in [0.15, 0.2) is 95.7 Å². The molecule has 6 aromatic rings. The molecule has 1 fully saturated rings. The molecule has 0 atom stereocenters. The van der Waals surface area contributed by atoms with Crippen LogP contribution in [0.2, 0.25) is 19.6 Å². The van der Waals surface area contributed by atoms with Crippen molar-refractivity contribution in [3.8, 4) is 22.5 Å². The predicted octanol–water partition coefficient (Wildman–Crippen LogP) is 9.90. The largest absolute Gasteiger partial charge is 0.501 e. The summed E-state index contributed by atoms with van der Waals surface area (Å²) in [4.78, 5) is 8.84. The van der Waals surface area contributed by atoms with Crippen molar-refractivity contribution in [3.05, 3.63) is 115 Å². The van der Waals surface area contributed by atoms with Gasteiger partial charge in [-0.2, -0.15) is 0 Å². The van der Waals surface area contributed by atoms with Crippen LogP contribution < -0.4 is 5.19 Å². The van der Waals surface area contributed by atoms with Gasteiger partial charge >= 0.3 is 0 Å². The van der Waals surface area contributed by atoms with Gasteiger partial charge in [-0.3, -0.25) is 0 Å². The van der Waals surface area contributed by atoms with Crippen LogP contribution >= 0.6 is 0 Å². The molecule has 43 heavy (non-hydrogen) atoms. The van der Waals surface area contributed by atoms with Gasteiger partial charge in [-0.05, 0) is 53.8 Å². The van der Waals surface area contributed by atoms with Gasteiger partial charge in [0.1, 0.15) is 5.58 Å². The summed E-state index contributed by atoms with van der Waals surface area (Å²) < 4.78 is 28.2. The number of aryl methyl sites for hydroxylation is 1. The quantitative estimate of drug-likeness (QED) is 0.133. The van der Waals surface area contributed by atoms with Crippen LogP contribution in [0.4, 0.5) is 0 Å². The van der Waals surface area contributed by atoms with Crippen molar-refractivity contribution in [2.45, 2.75) is 64.5 Å². The molecule has 7 rings (SSSR count). The Labute approximate surface area is 274 Å². The molecule has 3 nitrogen and oxygen atoms in total. The van der Waals surface area contributed by atoms with E-state index in [1.165, 1.54) is 59.8 Å². The maximum absolute atomic E-state index is 7.23. The summed E-state index contributed by atoms with van der Waals surface area (Å²) in [5.41, 5.74) is 7.19. The average Bonchev–Trinajstić information content (AvgIpc) is 3.44. The van der Waals surface area contributed by atoms with Gasteiger partial charge in [-0.25, -0.2) is 0 Å². The van der Waals surface area contributed by atoms with E-state index >= 15 is 0 Å². The summed E-state index contributed by atoms with van der Waals surface area (Å²) in [5, 5.41) is 3.75. The molecule has 5 heteroatoms. The van der Waals surface area contributed by atoms with Crippen LogP contribution in [0.5, 0.6) is 0 Å². The maximum Gasteiger partial charge on any atom is 0.120 e. The van der Waals surface area contributed by atoms with Crippen molar-refractivity contribution < 1.29 is 28.6 Å². The first-order valence-electron chi connectivity index (χ1n) is 16.4. The predicted molar refractivity (Wildman–Crippen MR) is 178 cm³/mol. The smallest absolute Gasteiger partial charge is 0.120 e. The fraction of sp³-hybridized carbons (Fsp3) is 0.263. The number of aromatic nitrogens is 2. The Morgan fingerprint density at radius 2 is 1.65 bits per heavy atom. The molecule has 0 amide bonds. The van der Waals surface area contributed by atoms with Gasteiger partial charge in [-0.15, -0.1) is 54.1 Å². The second-order valence-corrected chi connectivity index (χ2v) is 17.2. The molecule has 0 bridgehead atoms. The van der Waals surface area contributed by atoms with Crippen molar-refractivity contribution in [1.82, 2.24) is 9.97 Å². The van der Waals surface area contributed by atoms with Crippen molar-refractivity contribution in [2.75, 3.05) is 0 Å². The van der Waals surface area contributed by atoms with E-state index < -0.39 is 14.9 Å². The van der Waals surface area contributed by atoms with Gasteiger partial charge in [0.05, 0.1) is 13.7 Å². The Morgan fingerprint density at radius 1 is 0.814 bits per heavy atom. The van der Waals surface area contributed by atoms with Gasteiger partial charge in [0, 0.05) is 42.0 Å². The Balaban J connectivity index is 0.000000209. The summed E-state index contributed by atoms with van der Waals surface area (Å²) in [6.07, 6.45) is 9.99. The van der Waals surface area contributed by atoms with Gasteiger partial charge in [0.25, 0.3) is 0 Å². The number of benzene rings is 3. The zero-order valence-corrected chi connectivity index (χ0v) is 28.3. The number of rotatable bonds is 4. The minimum atomic E-state index is -2.09. The molecule has 3 aromatic carbocycles. The van der Waals surface area contributed by atoms with E-state index in [-0.39, 0.29) is 25.7 Å². The number of pyridine rings is 2. The molecule has 3 heterocycles. The van der Waals surface area contributed by atoms with E-state index in [2.05, 4.69) is 73.2 Å². The van der Waals surface area contributed by atoms with Crippen LogP contribution in [0.25, 0.3) is 44.5 Å². The molecule has 221 valence electrons. The van der Waals surface area contributed by atoms with Crippen LogP contribution in [-0.4, -0.2) is 18.0 Å². The van der Waals surface area contributed by atoms with Crippen molar-refractivity contribution in [2.24, 2.45) is 0 Å². The standard InChI is InChI=1S/C26H28NOSi.C12H10N.Ir/c1-29(2,3)24-14-8-12-21-20-11-7-13-22(25(20)28-26(21)24)23-17-19(15-16-27-23)18-9-5-4-6-10-18;1-10-7-8-12(13-9-10)11-5-3-2-4-6-11;/h7-8,11-12,14-18H,4-6,9-10H2,1-3H3;2-5,7-9H,1H3;/q2*-1;/i;1D3;. The summed E-state index contributed by atoms with van der Waals surface area (Å²) in [6, 6.07) is 32.4. The second-order valence-electron chi connectivity index (χ2n) is 12.1. The monoisotopic (exact) mass is 762 g/mol. The summed E-state index contributed by atoms with van der Waals surface area (Å²) in [6.45, 7) is 5.03. The molecule has 0 spiro atoms. The maximum atomic E-state index is 7.23. The van der Waals surface area contributed by atoms with Gasteiger partial charge in [0.15, 0.2) is 0 Å². The number of para-hydroxylation sites is 1. The Bertz CT molecular complexity index is 1910. The third-order valence-electron chi connectivity index (χ3n) is 8.13. The van der Waals surface area contributed by atoms with Crippen molar-refractivity contribution in [1.29, 1.82) is 0 Å². The van der Waals surface area contributed by atoms with E-state index in [4.69, 9.17) is 13.5 Å². The third-order valence-corrected chi connectivity index (χ3v) is 10.1. The molecule has 1 aliphatic rings. The fourth-order valence-electron chi connectivity index (χ4n) is 5.92. The van der Waals surface area contributed by atoms with Crippen LogP contribution in [0.1, 0.15) is 53.3 Å². The first-order valence-corrected chi connectivity index (χ1v) is 18.4. The molecule has 0 saturated heterocycles. The van der Waals surface area contributed by atoms with Crippen LogP contribution in [-0.2, 0) is 20.1 Å². The molecular formula is C38H38IrN2OSi-2. The van der Waals surface area contributed by atoms with Crippen molar-refractivity contribution >= 4 is 35.2 Å². The SMILES string of the molecule is C[Si](C)(C)c1cccc2c1oc1c(-c3cc(C4CCCCC4)ccn3)[c-]ccc12.[2H]C([2H])([2H])c1ccc(-c2[c-]cccc2)nc1.[Ir]. The number of hydrogen-bond donors (Lipinski definition) is 0. The molecule has 3 aromatic heterocycles. The summed E-state index contributed by atoms with van der Waals surface area (Å²) >= 11 is 0. The molecule has 0 aliphatic heterocycles. The van der Waals surface area contributed by atoms with E-state index in [1.807, 2.05) is 30.5 Å². The van der Waals surface area contributed by atoms with E-state index in [0.717, 1.165) is 33.7 Å². The zero-order valence-electron chi connectivity index (χ0n) is 27.9. The summed E-state index contributed by atoms with van der Waals surface area (Å²) in [5.74, 6) is 0.666. The zero-order chi connectivity index (χ0) is 31.6. The number of hydrogen-bond acceptors (Lipinski definition) is 3. The normalized spacial score (nSPS) is 15.1. The molecular weight excluding hydrogens is 721 g/mol. The molecule has 0 N–H and O–H groups in total. The first kappa shape index (κ1) is 27.2. The Kier molecular flexibility index (Phi) is 8.54. The fourth-order valence-corrected chi connectivity index (χ4v) is 7.39. The third kappa shape index (κ3) is 6.91. The second kappa shape index (κ2) is 13.5. The van der Waals surface area contributed by atoms with Gasteiger partial charge in [-0.1, -0.05) is 91.8 Å². The number of fused-ring (bicyclic) bond motifs is 3. The number of nitrogens with zero attached hydrogens (tertiary/aromatic N) is 2. The average molecular weight is 762 g/mol. The van der Waals surface area contributed by atoms with E-state index in [1.54, 1.807) is 18.2 Å². The minimum absolute atomic E-state index is 0. The van der Waals surface area contributed by atoms with E-state index in [0.29, 0.717) is 5.92 Å². The van der Waals surface area contributed by atoms with Gasteiger partial charge < -0.3 is 14.4 Å². The first-order chi connectivity index (χ1) is 21.6. The molecule has 1 radical (unpaired) electrons. The molecule has 1 aliphatic carbocycles. The number of furan rings is 1. The minimum Gasteiger partial charge on any atom is -0.501 e. The van der Waals surface area contributed by atoms with Crippen molar-refractivity contribution in [3.63, 3.8) is 0 Å². The van der Waals surface area contributed by atoms with Gasteiger partial charge in [0.2, 0.25) is 0 Å². The molecule has 1 saturated carbocycles. The van der Waals surface area contributed by atoms with E-state index in [9.17, 15) is 0 Å². The Hall–Kier alpha value is -3.37.